The summed E-state index contributed by atoms with van der Waals surface area (Å²) in [4.78, 5) is 0. The third-order valence-corrected chi connectivity index (χ3v) is 1.15. The lowest BCUT2D eigenvalue weighted by atomic mass is 10.4. The molecular formula is C7H11NO. The molecule has 0 saturated carbocycles. The van der Waals surface area contributed by atoms with E-state index < -0.39 is 0 Å². The van der Waals surface area contributed by atoms with Crippen LogP contribution in [0.2, 0.25) is 0 Å². The highest BCUT2D eigenvalue weighted by molar-refractivity contribution is 5.04. The van der Waals surface area contributed by atoms with Gasteiger partial charge in [-0.3, -0.25) is 0 Å². The average Bonchev–Trinajstić information content (AvgIpc) is 2.17. The van der Waals surface area contributed by atoms with E-state index in [-0.39, 0.29) is 0 Å². The van der Waals surface area contributed by atoms with E-state index in [1.54, 1.807) is 0 Å². The van der Waals surface area contributed by atoms with Gasteiger partial charge in [-0.25, -0.2) is 0 Å². The van der Waals surface area contributed by atoms with Crippen molar-refractivity contribution in [3.8, 4) is 0 Å². The first-order valence-corrected chi connectivity index (χ1v) is 3.03. The molecule has 0 spiro atoms. The van der Waals surface area contributed by atoms with Gasteiger partial charge in [0, 0.05) is 0 Å². The van der Waals surface area contributed by atoms with E-state index in [4.69, 9.17) is 4.42 Å². The molecule has 0 atom stereocenters. The Kier molecular flexibility index (Phi) is 1.90. The molecule has 2 heteroatoms. The van der Waals surface area contributed by atoms with Gasteiger partial charge in [-0.15, -0.1) is 0 Å². The summed E-state index contributed by atoms with van der Waals surface area (Å²) < 4.78 is 5.26. The highest BCUT2D eigenvalue weighted by Crippen LogP contribution is 2.04. The van der Waals surface area contributed by atoms with Crippen LogP contribution in [-0.2, 0) is 6.54 Å². The molecule has 1 aromatic rings. The van der Waals surface area contributed by atoms with Crippen LogP contribution in [0.5, 0.6) is 0 Å². The molecule has 0 bridgehead atoms. The number of aryl methyl sites for hydroxylation is 1. The first-order chi connectivity index (χ1) is 4.33. The Morgan fingerprint density at radius 3 is 2.78 bits per heavy atom. The lowest BCUT2D eigenvalue weighted by Gasteiger charge is -1.90. The van der Waals surface area contributed by atoms with Gasteiger partial charge in [0.05, 0.1) is 6.54 Å². The van der Waals surface area contributed by atoms with Gasteiger partial charge in [0.15, 0.2) is 0 Å². The van der Waals surface area contributed by atoms with Gasteiger partial charge in [-0.2, -0.15) is 0 Å². The summed E-state index contributed by atoms with van der Waals surface area (Å²) in [6.45, 7) is 2.76. The van der Waals surface area contributed by atoms with Gasteiger partial charge in [0.2, 0.25) is 0 Å². The van der Waals surface area contributed by atoms with Gasteiger partial charge in [0.25, 0.3) is 0 Å². The third kappa shape index (κ3) is 1.57. The second-order valence-corrected chi connectivity index (χ2v) is 2.04. The van der Waals surface area contributed by atoms with E-state index >= 15 is 0 Å². The molecule has 9 heavy (non-hydrogen) atoms. The molecule has 0 aromatic carbocycles. The Morgan fingerprint density at radius 1 is 1.56 bits per heavy atom. The van der Waals surface area contributed by atoms with Crippen molar-refractivity contribution in [1.29, 1.82) is 0 Å². The molecule has 0 aliphatic heterocycles. The van der Waals surface area contributed by atoms with Gasteiger partial charge >= 0.3 is 0 Å². The number of hydrogen-bond acceptors (Lipinski definition) is 2. The van der Waals surface area contributed by atoms with E-state index in [0.717, 1.165) is 18.1 Å². The number of furan rings is 1. The maximum Gasteiger partial charge on any atom is 0.117 e. The lowest BCUT2D eigenvalue weighted by molar-refractivity contribution is 0.471. The van der Waals surface area contributed by atoms with E-state index in [1.165, 1.54) is 0 Å². The van der Waals surface area contributed by atoms with E-state index in [9.17, 15) is 0 Å². The minimum Gasteiger partial charge on any atom is -0.465 e. The van der Waals surface area contributed by atoms with E-state index in [2.05, 4.69) is 5.32 Å². The summed E-state index contributed by atoms with van der Waals surface area (Å²) in [6, 6.07) is 3.94. The van der Waals surface area contributed by atoms with Crippen LogP contribution in [0.15, 0.2) is 16.5 Å². The molecule has 0 amide bonds. The third-order valence-electron chi connectivity index (χ3n) is 1.15. The summed E-state index contributed by atoms with van der Waals surface area (Å²) >= 11 is 0. The first-order valence-electron chi connectivity index (χ1n) is 3.03. The summed E-state index contributed by atoms with van der Waals surface area (Å²) in [7, 11) is 1.90. The quantitative estimate of drug-likeness (QED) is 0.644. The fourth-order valence-electron chi connectivity index (χ4n) is 0.754. The van der Waals surface area contributed by atoms with Crippen LogP contribution in [0.3, 0.4) is 0 Å². The molecule has 0 aliphatic rings. The number of rotatable bonds is 2. The van der Waals surface area contributed by atoms with Gasteiger partial charge in [-0.05, 0) is 26.1 Å². The zero-order valence-corrected chi connectivity index (χ0v) is 5.77. The zero-order valence-electron chi connectivity index (χ0n) is 5.77. The van der Waals surface area contributed by atoms with Crippen molar-refractivity contribution in [1.82, 2.24) is 5.32 Å². The number of hydrogen-bond donors (Lipinski definition) is 1. The fourth-order valence-corrected chi connectivity index (χ4v) is 0.754. The molecule has 1 rings (SSSR count). The highest BCUT2D eigenvalue weighted by Gasteiger charge is 1.93. The normalized spacial score (nSPS) is 10.0. The molecule has 0 aliphatic carbocycles. The Bertz CT molecular complexity index is 181. The molecule has 1 heterocycles. The van der Waals surface area contributed by atoms with Crippen LogP contribution in [0, 0.1) is 6.92 Å². The second kappa shape index (κ2) is 2.69. The molecule has 2 nitrogen and oxygen atoms in total. The first kappa shape index (κ1) is 6.36. The van der Waals surface area contributed by atoms with Crippen molar-refractivity contribution >= 4 is 0 Å². The van der Waals surface area contributed by atoms with Crippen LogP contribution in [0.1, 0.15) is 11.5 Å². The molecule has 0 radical (unpaired) electrons. The van der Waals surface area contributed by atoms with Gasteiger partial charge in [-0.1, -0.05) is 0 Å². The molecule has 1 N–H and O–H groups in total. The van der Waals surface area contributed by atoms with Crippen LogP contribution in [-0.4, -0.2) is 7.05 Å². The molecule has 1 aromatic heterocycles. The van der Waals surface area contributed by atoms with E-state index in [0.29, 0.717) is 0 Å². The Labute approximate surface area is 54.9 Å². The van der Waals surface area contributed by atoms with E-state index in [1.807, 2.05) is 26.1 Å². The molecule has 0 fully saturated rings. The number of nitrogens with one attached hydrogen (secondary N) is 1. The maximum atomic E-state index is 5.26. The summed E-state index contributed by atoms with van der Waals surface area (Å²) in [5, 5.41) is 3.00. The fraction of sp³-hybridized carbons (Fsp3) is 0.429. The van der Waals surface area contributed by atoms with Crippen LogP contribution < -0.4 is 5.32 Å². The van der Waals surface area contributed by atoms with Crippen molar-refractivity contribution < 1.29 is 4.42 Å². The van der Waals surface area contributed by atoms with Crippen molar-refractivity contribution in [2.24, 2.45) is 0 Å². The molecule has 50 valence electrons. The lowest BCUT2D eigenvalue weighted by Crippen LogP contribution is -2.03. The molecule has 0 saturated heterocycles. The van der Waals surface area contributed by atoms with Crippen molar-refractivity contribution in [2.45, 2.75) is 13.5 Å². The van der Waals surface area contributed by atoms with Crippen LogP contribution in [0.4, 0.5) is 0 Å². The second-order valence-electron chi connectivity index (χ2n) is 2.04. The Hall–Kier alpha value is -0.760. The van der Waals surface area contributed by atoms with Crippen molar-refractivity contribution in [2.75, 3.05) is 7.05 Å². The minimum atomic E-state index is 0.813. The Balaban J connectivity index is 2.61. The van der Waals surface area contributed by atoms with Crippen molar-refractivity contribution in [3.05, 3.63) is 23.7 Å². The SMILES string of the molecule is CNCc1ccc(C)o1. The van der Waals surface area contributed by atoms with Crippen molar-refractivity contribution in [3.63, 3.8) is 0 Å². The molecular weight excluding hydrogens is 114 g/mol. The van der Waals surface area contributed by atoms with Crippen LogP contribution >= 0.6 is 0 Å². The smallest absolute Gasteiger partial charge is 0.117 e. The van der Waals surface area contributed by atoms with Gasteiger partial charge < -0.3 is 9.73 Å². The predicted octanol–water partition coefficient (Wildman–Crippen LogP) is 1.31. The summed E-state index contributed by atoms with van der Waals surface area (Å²) in [5.41, 5.74) is 0. The molecule has 0 unspecified atom stereocenters. The average molecular weight is 125 g/mol. The standard InChI is InChI=1S/C7H11NO/c1-6-3-4-7(9-6)5-8-2/h3-4,8H,5H2,1-2H3. The van der Waals surface area contributed by atoms with Gasteiger partial charge in [0.1, 0.15) is 11.5 Å². The zero-order chi connectivity index (χ0) is 6.69. The predicted molar refractivity (Wildman–Crippen MR) is 36.2 cm³/mol. The highest BCUT2D eigenvalue weighted by atomic mass is 16.3. The summed E-state index contributed by atoms with van der Waals surface area (Å²) in [5.74, 6) is 1.97. The maximum absolute atomic E-state index is 5.26. The monoisotopic (exact) mass is 125 g/mol. The topological polar surface area (TPSA) is 25.2 Å². The minimum absolute atomic E-state index is 0.813. The largest absolute Gasteiger partial charge is 0.465 e. The Morgan fingerprint density at radius 2 is 2.33 bits per heavy atom. The van der Waals surface area contributed by atoms with Crippen LogP contribution in [0.25, 0.3) is 0 Å². The summed E-state index contributed by atoms with van der Waals surface area (Å²) in [6.07, 6.45) is 0.